The van der Waals surface area contributed by atoms with Gasteiger partial charge in [-0.3, -0.25) is 4.90 Å². The number of benzene rings is 1. The standard InChI is InChI=1S/C16H27N3/c1-4-5-6-9-19-12-13-7-8-14(18(2)3)10-15(13)16(19)11-17/h7-8,10,16H,4-6,9,11-12,17H2,1-3H3. The molecule has 0 aliphatic carbocycles. The average Bonchev–Trinajstić information content (AvgIpc) is 2.75. The van der Waals surface area contributed by atoms with E-state index in [1.54, 1.807) is 0 Å². The molecule has 0 saturated carbocycles. The summed E-state index contributed by atoms with van der Waals surface area (Å²) < 4.78 is 0. The van der Waals surface area contributed by atoms with E-state index < -0.39 is 0 Å². The summed E-state index contributed by atoms with van der Waals surface area (Å²) in [5, 5.41) is 0. The predicted molar refractivity (Wildman–Crippen MR) is 82.5 cm³/mol. The molecule has 0 fully saturated rings. The molecule has 1 heterocycles. The molecule has 0 amide bonds. The Balaban J connectivity index is 2.13. The van der Waals surface area contributed by atoms with Crippen molar-refractivity contribution >= 4 is 5.69 Å². The lowest BCUT2D eigenvalue weighted by molar-refractivity contribution is 0.215. The van der Waals surface area contributed by atoms with E-state index in [1.165, 1.54) is 42.6 Å². The monoisotopic (exact) mass is 261 g/mol. The van der Waals surface area contributed by atoms with E-state index in [-0.39, 0.29) is 0 Å². The predicted octanol–water partition coefficient (Wildman–Crippen LogP) is 2.76. The highest BCUT2D eigenvalue weighted by atomic mass is 15.2. The number of unbranched alkanes of at least 4 members (excludes halogenated alkanes) is 2. The van der Waals surface area contributed by atoms with Gasteiger partial charge in [-0.25, -0.2) is 0 Å². The SMILES string of the molecule is CCCCCN1Cc2ccc(N(C)C)cc2C1CN. The first-order valence-electron chi connectivity index (χ1n) is 7.41. The highest BCUT2D eigenvalue weighted by Gasteiger charge is 2.28. The molecule has 0 aromatic heterocycles. The van der Waals surface area contributed by atoms with E-state index >= 15 is 0 Å². The number of anilines is 1. The van der Waals surface area contributed by atoms with Gasteiger partial charge >= 0.3 is 0 Å². The molecular weight excluding hydrogens is 234 g/mol. The number of hydrogen-bond donors (Lipinski definition) is 1. The summed E-state index contributed by atoms with van der Waals surface area (Å²) in [7, 11) is 4.18. The molecule has 1 aliphatic heterocycles. The normalized spacial score (nSPS) is 18.6. The Morgan fingerprint density at radius 2 is 2.11 bits per heavy atom. The van der Waals surface area contributed by atoms with Crippen LogP contribution in [0.1, 0.15) is 43.4 Å². The van der Waals surface area contributed by atoms with E-state index in [0.29, 0.717) is 6.04 Å². The summed E-state index contributed by atoms with van der Waals surface area (Å²) in [4.78, 5) is 4.70. The maximum absolute atomic E-state index is 6.01. The summed E-state index contributed by atoms with van der Waals surface area (Å²) in [5.41, 5.74) is 10.2. The smallest absolute Gasteiger partial charge is 0.0477 e. The van der Waals surface area contributed by atoms with Crippen LogP contribution in [0.25, 0.3) is 0 Å². The van der Waals surface area contributed by atoms with E-state index in [1.807, 2.05) is 0 Å². The zero-order valence-electron chi connectivity index (χ0n) is 12.5. The number of rotatable bonds is 6. The number of fused-ring (bicyclic) bond motifs is 1. The second-order valence-electron chi connectivity index (χ2n) is 5.71. The molecule has 1 aliphatic rings. The molecule has 106 valence electrons. The van der Waals surface area contributed by atoms with Crippen LogP contribution in [-0.2, 0) is 6.54 Å². The lowest BCUT2D eigenvalue weighted by Crippen LogP contribution is -2.28. The van der Waals surface area contributed by atoms with Gasteiger partial charge in [0.05, 0.1) is 0 Å². The lowest BCUT2D eigenvalue weighted by Gasteiger charge is -2.24. The van der Waals surface area contributed by atoms with Gasteiger partial charge in [-0.15, -0.1) is 0 Å². The van der Waals surface area contributed by atoms with E-state index in [2.05, 4.69) is 49.0 Å². The van der Waals surface area contributed by atoms with Gasteiger partial charge in [0.15, 0.2) is 0 Å². The van der Waals surface area contributed by atoms with Crippen molar-refractivity contribution in [2.45, 2.75) is 38.8 Å². The minimum absolute atomic E-state index is 0.409. The van der Waals surface area contributed by atoms with Crippen molar-refractivity contribution in [3.05, 3.63) is 29.3 Å². The van der Waals surface area contributed by atoms with Gasteiger partial charge in [0.2, 0.25) is 0 Å². The van der Waals surface area contributed by atoms with Crippen LogP contribution in [0.4, 0.5) is 5.69 Å². The number of nitrogens with two attached hydrogens (primary N) is 1. The first kappa shape index (κ1) is 14.4. The molecule has 0 spiro atoms. The Bertz CT molecular complexity index is 414. The first-order chi connectivity index (χ1) is 9.17. The number of nitrogens with zero attached hydrogens (tertiary/aromatic N) is 2. The quantitative estimate of drug-likeness (QED) is 0.799. The highest BCUT2D eigenvalue weighted by molar-refractivity contribution is 5.52. The molecule has 3 heteroatoms. The molecule has 2 N–H and O–H groups in total. The van der Waals surface area contributed by atoms with Crippen LogP contribution in [0.15, 0.2) is 18.2 Å². The van der Waals surface area contributed by atoms with Gasteiger partial charge in [-0.05, 0) is 36.2 Å². The largest absolute Gasteiger partial charge is 0.378 e. The summed E-state index contributed by atoms with van der Waals surface area (Å²) in [6, 6.07) is 7.20. The second-order valence-corrected chi connectivity index (χ2v) is 5.71. The third-order valence-corrected chi connectivity index (χ3v) is 4.09. The minimum Gasteiger partial charge on any atom is -0.378 e. The molecule has 0 bridgehead atoms. The van der Waals surface area contributed by atoms with Crippen LogP contribution in [0.5, 0.6) is 0 Å². The summed E-state index contributed by atoms with van der Waals surface area (Å²) >= 11 is 0. The van der Waals surface area contributed by atoms with E-state index in [0.717, 1.165) is 13.1 Å². The van der Waals surface area contributed by atoms with Crippen molar-refractivity contribution in [1.82, 2.24) is 4.90 Å². The maximum Gasteiger partial charge on any atom is 0.0477 e. The molecule has 1 aromatic rings. The summed E-state index contributed by atoms with van der Waals surface area (Å²) in [6.07, 6.45) is 3.87. The third kappa shape index (κ3) is 3.10. The topological polar surface area (TPSA) is 32.5 Å². The lowest BCUT2D eigenvalue weighted by atomic mass is 10.0. The van der Waals surface area contributed by atoms with Gasteiger partial charge in [0, 0.05) is 38.9 Å². The molecular formula is C16H27N3. The summed E-state index contributed by atoms with van der Waals surface area (Å²) in [6.45, 7) is 5.20. The maximum atomic E-state index is 6.01. The van der Waals surface area contributed by atoms with Gasteiger partial charge < -0.3 is 10.6 Å². The third-order valence-electron chi connectivity index (χ3n) is 4.09. The van der Waals surface area contributed by atoms with Crippen molar-refractivity contribution in [2.75, 3.05) is 32.1 Å². The van der Waals surface area contributed by atoms with Gasteiger partial charge in [-0.2, -0.15) is 0 Å². The van der Waals surface area contributed by atoms with Crippen LogP contribution in [0.3, 0.4) is 0 Å². The van der Waals surface area contributed by atoms with Crippen LogP contribution in [0.2, 0.25) is 0 Å². The van der Waals surface area contributed by atoms with E-state index in [9.17, 15) is 0 Å². The van der Waals surface area contributed by atoms with Crippen LogP contribution >= 0.6 is 0 Å². The fourth-order valence-corrected chi connectivity index (χ4v) is 2.92. The fourth-order valence-electron chi connectivity index (χ4n) is 2.92. The van der Waals surface area contributed by atoms with Crippen molar-refractivity contribution in [2.24, 2.45) is 5.73 Å². The van der Waals surface area contributed by atoms with Crippen molar-refractivity contribution < 1.29 is 0 Å². The average molecular weight is 261 g/mol. The van der Waals surface area contributed by atoms with Gasteiger partial charge in [-0.1, -0.05) is 25.8 Å². The Labute approximate surface area is 117 Å². The Kier molecular flexibility index (Phi) is 4.83. The molecule has 1 unspecified atom stereocenters. The molecule has 2 rings (SSSR count). The molecule has 3 nitrogen and oxygen atoms in total. The Morgan fingerprint density at radius 1 is 1.32 bits per heavy atom. The zero-order valence-corrected chi connectivity index (χ0v) is 12.5. The molecule has 19 heavy (non-hydrogen) atoms. The molecule has 1 aromatic carbocycles. The molecule has 0 radical (unpaired) electrons. The van der Waals surface area contributed by atoms with Gasteiger partial charge in [0.1, 0.15) is 0 Å². The minimum atomic E-state index is 0.409. The van der Waals surface area contributed by atoms with Crippen molar-refractivity contribution in [3.63, 3.8) is 0 Å². The molecule has 0 saturated heterocycles. The zero-order chi connectivity index (χ0) is 13.8. The van der Waals surface area contributed by atoms with Crippen LogP contribution in [-0.4, -0.2) is 32.1 Å². The van der Waals surface area contributed by atoms with Crippen molar-refractivity contribution in [3.8, 4) is 0 Å². The first-order valence-corrected chi connectivity index (χ1v) is 7.41. The second kappa shape index (κ2) is 6.40. The Hall–Kier alpha value is -1.06. The van der Waals surface area contributed by atoms with E-state index in [4.69, 9.17) is 5.73 Å². The summed E-state index contributed by atoms with van der Waals surface area (Å²) in [5.74, 6) is 0. The fraction of sp³-hybridized carbons (Fsp3) is 0.625. The Morgan fingerprint density at radius 3 is 2.74 bits per heavy atom. The van der Waals surface area contributed by atoms with Crippen LogP contribution in [0, 0.1) is 0 Å². The van der Waals surface area contributed by atoms with Crippen LogP contribution < -0.4 is 10.6 Å². The number of hydrogen-bond acceptors (Lipinski definition) is 3. The highest BCUT2D eigenvalue weighted by Crippen LogP contribution is 2.35. The van der Waals surface area contributed by atoms with Gasteiger partial charge in [0.25, 0.3) is 0 Å². The van der Waals surface area contributed by atoms with Crippen molar-refractivity contribution in [1.29, 1.82) is 0 Å². The molecule has 1 atom stereocenters.